The van der Waals surface area contributed by atoms with Gasteiger partial charge in [-0.3, -0.25) is 10.1 Å². The zero-order valence-electron chi connectivity index (χ0n) is 11.0. The summed E-state index contributed by atoms with van der Waals surface area (Å²) in [4.78, 5) is 10.9. The second-order valence-electron chi connectivity index (χ2n) is 4.19. The van der Waals surface area contributed by atoms with Crippen LogP contribution in [0.3, 0.4) is 0 Å². The Morgan fingerprint density at radius 2 is 1.86 bits per heavy atom. The average molecular weight is 430 g/mol. The number of hydrogen-bond donors (Lipinski definition) is 0. The van der Waals surface area contributed by atoms with E-state index in [4.69, 9.17) is 0 Å². The number of tetrazole rings is 1. The zero-order chi connectivity index (χ0) is 14.8. The molecule has 3 aromatic rings. The molecule has 0 N–H and O–H groups in total. The molecule has 3 rings (SSSR count). The molecular formula is C13H9ClIN5O2. The van der Waals surface area contributed by atoms with Crippen LogP contribution >= 0.6 is 35.0 Å². The lowest BCUT2D eigenvalue weighted by molar-refractivity contribution is -0.384. The van der Waals surface area contributed by atoms with E-state index in [0.717, 1.165) is 9.13 Å². The molecule has 1 aromatic heterocycles. The highest BCUT2D eigenvalue weighted by molar-refractivity contribution is 14.1. The van der Waals surface area contributed by atoms with Gasteiger partial charge in [0.2, 0.25) is 0 Å². The van der Waals surface area contributed by atoms with E-state index in [9.17, 15) is 10.1 Å². The first-order chi connectivity index (χ1) is 10.2. The van der Waals surface area contributed by atoms with Crippen molar-refractivity contribution < 1.29 is 4.92 Å². The van der Waals surface area contributed by atoms with Crippen molar-refractivity contribution in [2.45, 2.75) is 0 Å². The Bertz CT molecular complexity index is 793. The fourth-order valence-electron chi connectivity index (χ4n) is 2.06. The summed E-state index contributed by atoms with van der Waals surface area (Å²) in [6.45, 7) is 0. The first kappa shape index (κ1) is 16.3. The van der Waals surface area contributed by atoms with Crippen LogP contribution in [0.25, 0.3) is 16.8 Å². The lowest BCUT2D eigenvalue weighted by Crippen LogP contribution is -2.01. The summed E-state index contributed by atoms with van der Waals surface area (Å²) >= 11 is 2.19. The highest BCUT2D eigenvalue weighted by Crippen LogP contribution is 2.35. The molecule has 7 nitrogen and oxygen atoms in total. The smallest absolute Gasteiger partial charge is 0.258 e. The molecule has 0 saturated heterocycles. The third-order valence-electron chi connectivity index (χ3n) is 2.95. The number of rotatable bonds is 3. The summed E-state index contributed by atoms with van der Waals surface area (Å²) in [6, 6.07) is 12.3. The molecule has 9 heteroatoms. The van der Waals surface area contributed by atoms with Gasteiger partial charge in [0, 0.05) is 9.64 Å². The van der Waals surface area contributed by atoms with E-state index < -0.39 is 4.92 Å². The maximum absolute atomic E-state index is 11.3. The Kier molecular flexibility index (Phi) is 5.03. The SMILES string of the molecule is Cl.O=[N+]([O-])c1cccc(-n2cnnn2)c1-c1ccc(I)cc1. The van der Waals surface area contributed by atoms with Crippen LogP contribution in [0.2, 0.25) is 0 Å². The number of aromatic nitrogens is 4. The van der Waals surface area contributed by atoms with Crippen LogP contribution < -0.4 is 0 Å². The van der Waals surface area contributed by atoms with E-state index >= 15 is 0 Å². The Hall–Kier alpha value is -2.07. The summed E-state index contributed by atoms with van der Waals surface area (Å²) in [5, 5.41) is 22.3. The van der Waals surface area contributed by atoms with Crippen molar-refractivity contribution in [2.75, 3.05) is 0 Å². The third-order valence-corrected chi connectivity index (χ3v) is 3.67. The largest absolute Gasteiger partial charge is 0.279 e. The van der Waals surface area contributed by atoms with Gasteiger partial charge in [0.25, 0.3) is 5.69 Å². The Morgan fingerprint density at radius 3 is 2.45 bits per heavy atom. The summed E-state index contributed by atoms with van der Waals surface area (Å²) in [5.41, 5.74) is 1.82. The molecular weight excluding hydrogens is 421 g/mol. The molecule has 1 heterocycles. The van der Waals surface area contributed by atoms with Crippen molar-refractivity contribution in [3.63, 3.8) is 0 Å². The van der Waals surface area contributed by atoms with Crippen LogP contribution in [0.15, 0.2) is 48.8 Å². The standard InChI is InChI=1S/C13H8IN5O2.ClH/c14-10-6-4-9(5-7-10)13-11(18-8-15-16-17-18)2-1-3-12(13)19(20)21;/h1-8H;1H. The number of hydrogen-bond acceptors (Lipinski definition) is 5. The minimum atomic E-state index is -0.402. The van der Waals surface area contributed by atoms with E-state index in [1.807, 2.05) is 24.3 Å². The monoisotopic (exact) mass is 429 g/mol. The first-order valence-corrected chi connectivity index (χ1v) is 7.01. The second kappa shape index (κ2) is 6.79. The third kappa shape index (κ3) is 3.07. The average Bonchev–Trinajstić information content (AvgIpc) is 3.01. The van der Waals surface area contributed by atoms with Crippen LogP contribution in [0.4, 0.5) is 5.69 Å². The van der Waals surface area contributed by atoms with Gasteiger partial charge in [0.05, 0.1) is 16.2 Å². The summed E-state index contributed by atoms with van der Waals surface area (Å²) < 4.78 is 2.47. The van der Waals surface area contributed by atoms with Crippen LogP contribution in [0.5, 0.6) is 0 Å². The quantitative estimate of drug-likeness (QED) is 0.362. The molecule has 0 radical (unpaired) electrons. The molecule has 0 aliphatic carbocycles. The van der Waals surface area contributed by atoms with Crippen molar-refractivity contribution in [3.8, 4) is 16.8 Å². The van der Waals surface area contributed by atoms with Gasteiger partial charge in [-0.25, -0.2) is 0 Å². The van der Waals surface area contributed by atoms with E-state index in [2.05, 4.69) is 38.1 Å². The summed E-state index contributed by atoms with van der Waals surface area (Å²) in [7, 11) is 0. The predicted molar refractivity (Wildman–Crippen MR) is 91.2 cm³/mol. The fourth-order valence-corrected chi connectivity index (χ4v) is 2.41. The molecule has 22 heavy (non-hydrogen) atoms. The Balaban J connectivity index is 0.00000176. The predicted octanol–water partition coefficient (Wildman–Crippen LogP) is 3.26. The van der Waals surface area contributed by atoms with Crippen LogP contribution in [-0.4, -0.2) is 25.1 Å². The fraction of sp³-hybridized carbons (Fsp3) is 0. The second-order valence-corrected chi connectivity index (χ2v) is 5.44. The van der Waals surface area contributed by atoms with Gasteiger partial charge in [0.1, 0.15) is 6.33 Å². The molecule has 0 fully saturated rings. The van der Waals surface area contributed by atoms with E-state index in [-0.39, 0.29) is 18.1 Å². The van der Waals surface area contributed by atoms with Crippen LogP contribution in [0.1, 0.15) is 0 Å². The van der Waals surface area contributed by atoms with Gasteiger partial charge in [0.15, 0.2) is 0 Å². The minimum Gasteiger partial charge on any atom is -0.258 e. The summed E-state index contributed by atoms with van der Waals surface area (Å²) in [5.74, 6) is 0. The lowest BCUT2D eigenvalue weighted by atomic mass is 10.0. The van der Waals surface area contributed by atoms with Crippen molar-refractivity contribution in [2.24, 2.45) is 0 Å². The Morgan fingerprint density at radius 1 is 1.14 bits per heavy atom. The zero-order valence-corrected chi connectivity index (χ0v) is 13.9. The van der Waals surface area contributed by atoms with Gasteiger partial charge in [-0.15, -0.1) is 17.5 Å². The molecule has 0 aliphatic rings. The van der Waals surface area contributed by atoms with Crippen molar-refractivity contribution in [3.05, 3.63) is 62.5 Å². The molecule has 112 valence electrons. The molecule has 0 aliphatic heterocycles. The van der Waals surface area contributed by atoms with Crippen molar-refractivity contribution in [1.82, 2.24) is 20.2 Å². The topological polar surface area (TPSA) is 86.7 Å². The highest BCUT2D eigenvalue weighted by Gasteiger charge is 2.20. The molecule has 0 unspecified atom stereocenters. The van der Waals surface area contributed by atoms with Gasteiger partial charge >= 0.3 is 0 Å². The highest BCUT2D eigenvalue weighted by atomic mass is 127. The number of nitro groups is 1. The van der Waals surface area contributed by atoms with E-state index in [0.29, 0.717) is 11.3 Å². The molecule has 0 saturated carbocycles. The molecule has 0 amide bonds. The molecule has 2 aromatic carbocycles. The molecule has 0 atom stereocenters. The van der Waals surface area contributed by atoms with E-state index in [1.54, 1.807) is 12.1 Å². The normalized spacial score (nSPS) is 10.0. The van der Waals surface area contributed by atoms with Gasteiger partial charge in [-0.1, -0.05) is 18.2 Å². The number of nitrogens with zero attached hydrogens (tertiary/aromatic N) is 5. The number of halogens is 2. The van der Waals surface area contributed by atoms with Crippen molar-refractivity contribution >= 4 is 40.7 Å². The maximum atomic E-state index is 11.3. The minimum absolute atomic E-state index is 0. The summed E-state index contributed by atoms with van der Waals surface area (Å²) in [6.07, 6.45) is 1.41. The number of nitro benzene ring substituents is 1. The van der Waals surface area contributed by atoms with Gasteiger partial charge in [-0.2, -0.15) is 4.68 Å². The van der Waals surface area contributed by atoms with Crippen LogP contribution in [-0.2, 0) is 0 Å². The van der Waals surface area contributed by atoms with Crippen LogP contribution in [0, 0.1) is 13.7 Å². The van der Waals surface area contributed by atoms with Gasteiger partial charge in [-0.05, 0) is 56.8 Å². The Labute approximate surface area is 145 Å². The number of benzene rings is 2. The van der Waals surface area contributed by atoms with E-state index in [1.165, 1.54) is 17.1 Å². The first-order valence-electron chi connectivity index (χ1n) is 5.93. The molecule has 0 bridgehead atoms. The maximum Gasteiger partial charge on any atom is 0.279 e. The van der Waals surface area contributed by atoms with Gasteiger partial charge < -0.3 is 0 Å². The van der Waals surface area contributed by atoms with Crippen molar-refractivity contribution in [1.29, 1.82) is 0 Å². The lowest BCUT2D eigenvalue weighted by Gasteiger charge is -2.09. The molecule has 0 spiro atoms.